The Morgan fingerprint density at radius 3 is 2.88 bits per heavy atom. The first-order valence-corrected chi connectivity index (χ1v) is 5.74. The van der Waals surface area contributed by atoms with E-state index >= 15 is 0 Å². The summed E-state index contributed by atoms with van der Waals surface area (Å²) in [7, 11) is 0. The SMILES string of the molecule is O=C1CCN(Cc2csc(=O)[nH]2)C(=O)CN1. The van der Waals surface area contributed by atoms with Crippen molar-refractivity contribution in [3.63, 3.8) is 0 Å². The van der Waals surface area contributed by atoms with Crippen LogP contribution in [0.4, 0.5) is 0 Å². The van der Waals surface area contributed by atoms with E-state index in [0.717, 1.165) is 11.3 Å². The van der Waals surface area contributed by atoms with Gasteiger partial charge in [0.1, 0.15) is 0 Å². The van der Waals surface area contributed by atoms with Gasteiger partial charge in [-0.1, -0.05) is 11.3 Å². The standard InChI is InChI=1S/C9H11N3O3S/c13-7-1-2-12(8(14)3-10-7)4-6-5-16-9(15)11-6/h5H,1-4H2,(H,10,13)(H,11,15). The third-order valence-electron chi connectivity index (χ3n) is 2.33. The first kappa shape index (κ1) is 10.9. The van der Waals surface area contributed by atoms with Crippen LogP contribution < -0.4 is 10.2 Å². The summed E-state index contributed by atoms with van der Waals surface area (Å²) in [6.07, 6.45) is 0.306. The molecule has 0 radical (unpaired) electrons. The van der Waals surface area contributed by atoms with Gasteiger partial charge in [-0.15, -0.1) is 0 Å². The van der Waals surface area contributed by atoms with E-state index in [1.54, 1.807) is 10.3 Å². The molecule has 0 atom stereocenters. The number of aromatic amines is 1. The molecule has 2 rings (SSSR count). The number of hydrogen-bond donors (Lipinski definition) is 2. The van der Waals surface area contributed by atoms with Gasteiger partial charge in [0.05, 0.1) is 13.1 Å². The summed E-state index contributed by atoms with van der Waals surface area (Å²) in [5, 5.41) is 4.21. The average Bonchev–Trinajstić information content (AvgIpc) is 2.59. The molecule has 0 aromatic carbocycles. The van der Waals surface area contributed by atoms with Crippen molar-refractivity contribution in [2.24, 2.45) is 0 Å². The van der Waals surface area contributed by atoms with Crippen LogP contribution in [-0.2, 0) is 16.1 Å². The second-order valence-electron chi connectivity index (χ2n) is 3.52. The monoisotopic (exact) mass is 241 g/mol. The molecule has 1 aliphatic heterocycles. The molecule has 0 bridgehead atoms. The van der Waals surface area contributed by atoms with E-state index in [9.17, 15) is 14.4 Å². The van der Waals surface area contributed by atoms with Crippen LogP contribution in [0.5, 0.6) is 0 Å². The van der Waals surface area contributed by atoms with Crippen LogP contribution in [0.1, 0.15) is 12.1 Å². The summed E-state index contributed by atoms with van der Waals surface area (Å²) >= 11 is 1.07. The third kappa shape index (κ3) is 2.48. The quantitative estimate of drug-likeness (QED) is 0.717. The molecule has 2 amide bonds. The van der Waals surface area contributed by atoms with E-state index in [1.165, 1.54) is 0 Å². The highest BCUT2D eigenvalue weighted by atomic mass is 32.1. The molecule has 2 N–H and O–H groups in total. The molecule has 0 saturated carbocycles. The average molecular weight is 241 g/mol. The molecule has 1 aromatic heterocycles. The predicted octanol–water partition coefficient (Wildman–Crippen LogP) is -0.715. The van der Waals surface area contributed by atoms with Gasteiger partial charge in [-0.3, -0.25) is 14.4 Å². The zero-order chi connectivity index (χ0) is 11.5. The molecule has 0 spiro atoms. The fourth-order valence-corrected chi connectivity index (χ4v) is 2.07. The van der Waals surface area contributed by atoms with Gasteiger partial charge in [-0.2, -0.15) is 0 Å². The van der Waals surface area contributed by atoms with Gasteiger partial charge in [-0.25, -0.2) is 0 Å². The van der Waals surface area contributed by atoms with E-state index in [1.807, 2.05) is 0 Å². The van der Waals surface area contributed by atoms with Gasteiger partial charge < -0.3 is 15.2 Å². The Balaban J connectivity index is 2.05. The molecule has 7 heteroatoms. The van der Waals surface area contributed by atoms with Crippen LogP contribution in [0.2, 0.25) is 0 Å². The molecule has 0 unspecified atom stereocenters. The van der Waals surface area contributed by atoms with Gasteiger partial charge in [-0.05, 0) is 0 Å². The minimum absolute atomic E-state index is 0.0349. The number of hydrogen-bond acceptors (Lipinski definition) is 4. The van der Waals surface area contributed by atoms with E-state index in [4.69, 9.17) is 0 Å². The Hall–Kier alpha value is -1.63. The lowest BCUT2D eigenvalue weighted by atomic mass is 10.3. The first-order chi connectivity index (χ1) is 7.65. The Labute approximate surface area is 95.3 Å². The van der Waals surface area contributed by atoms with Gasteiger partial charge >= 0.3 is 4.87 Å². The molecule has 1 aromatic rings. The van der Waals surface area contributed by atoms with Gasteiger partial charge in [0.2, 0.25) is 11.8 Å². The van der Waals surface area contributed by atoms with Crippen molar-refractivity contribution in [2.45, 2.75) is 13.0 Å². The van der Waals surface area contributed by atoms with Crippen LogP contribution in [-0.4, -0.2) is 34.8 Å². The third-order valence-corrected chi connectivity index (χ3v) is 3.05. The van der Waals surface area contributed by atoms with Crippen LogP contribution in [0, 0.1) is 0 Å². The Kier molecular flexibility index (Phi) is 3.04. The highest BCUT2D eigenvalue weighted by molar-refractivity contribution is 7.07. The lowest BCUT2D eigenvalue weighted by molar-refractivity contribution is -0.130. The van der Waals surface area contributed by atoms with Crippen molar-refractivity contribution in [1.29, 1.82) is 0 Å². The van der Waals surface area contributed by atoms with E-state index in [2.05, 4.69) is 10.3 Å². The second-order valence-corrected chi connectivity index (χ2v) is 4.36. The molecule has 1 aliphatic rings. The maximum Gasteiger partial charge on any atom is 0.304 e. The number of nitrogens with one attached hydrogen (secondary N) is 2. The molecular weight excluding hydrogens is 230 g/mol. The predicted molar refractivity (Wildman–Crippen MR) is 58.0 cm³/mol. The molecule has 86 valence electrons. The van der Waals surface area contributed by atoms with E-state index in [0.29, 0.717) is 25.2 Å². The van der Waals surface area contributed by atoms with Crippen molar-refractivity contribution < 1.29 is 9.59 Å². The number of rotatable bonds is 2. The van der Waals surface area contributed by atoms with E-state index < -0.39 is 0 Å². The summed E-state index contributed by atoms with van der Waals surface area (Å²) in [5.41, 5.74) is 0.706. The molecule has 16 heavy (non-hydrogen) atoms. The number of aromatic nitrogens is 1. The minimum atomic E-state index is -0.133. The number of amides is 2. The van der Waals surface area contributed by atoms with Crippen LogP contribution >= 0.6 is 11.3 Å². The molecule has 0 aliphatic carbocycles. The van der Waals surface area contributed by atoms with Crippen molar-refractivity contribution in [3.8, 4) is 0 Å². The van der Waals surface area contributed by atoms with Crippen molar-refractivity contribution in [2.75, 3.05) is 13.1 Å². The topological polar surface area (TPSA) is 82.3 Å². The van der Waals surface area contributed by atoms with Crippen molar-refractivity contribution in [3.05, 3.63) is 20.7 Å². The van der Waals surface area contributed by atoms with Crippen LogP contribution in [0.15, 0.2) is 10.2 Å². The Morgan fingerprint density at radius 2 is 2.19 bits per heavy atom. The molecule has 6 nitrogen and oxygen atoms in total. The normalized spacial score (nSPS) is 17.1. The maximum absolute atomic E-state index is 11.6. The summed E-state index contributed by atoms with van der Waals surface area (Å²) in [6, 6.07) is 0. The van der Waals surface area contributed by atoms with E-state index in [-0.39, 0.29) is 23.2 Å². The number of thiazole rings is 1. The molecule has 2 heterocycles. The Bertz CT molecular complexity index is 465. The summed E-state index contributed by atoms with van der Waals surface area (Å²) < 4.78 is 0. The second kappa shape index (κ2) is 4.48. The molecule has 1 saturated heterocycles. The zero-order valence-corrected chi connectivity index (χ0v) is 9.30. The largest absolute Gasteiger partial charge is 0.347 e. The lowest BCUT2D eigenvalue weighted by Crippen LogP contribution is -2.34. The molecular formula is C9H11N3O3S. The highest BCUT2D eigenvalue weighted by Crippen LogP contribution is 2.05. The number of H-pyrrole nitrogens is 1. The number of nitrogens with zero attached hydrogens (tertiary/aromatic N) is 1. The Morgan fingerprint density at radius 1 is 1.38 bits per heavy atom. The lowest BCUT2D eigenvalue weighted by Gasteiger charge is -2.18. The van der Waals surface area contributed by atoms with Gasteiger partial charge in [0.25, 0.3) is 0 Å². The highest BCUT2D eigenvalue weighted by Gasteiger charge is 2.20. The zero-order valence-electron chi connectivity index (χ0n) is 8.49. The van der Waals surface area contributed by atoms with Crippen molar-refractivity contribution >= 4 is 23.2 Å². The van der Waals surface area contributed by atoms with Crippen molar-refractivity contribution in [1.82, 2.24) is 15.2 Å². The summed E-state index contributed by atoms with van der Waals surface area (Å²) in [6.45, 7) is 0.780. The van der Waals surface area contributed by atoms with Gasteiger partial charge in [0.15, 0.2) is 0 Å². The first-order valence-electron chi connectivity index (χ1n) is 4.86. The number of carbonyl (C=O) groups is 2. The minimum Gasteiger partial charge on any atom is -0.347 e. The maximum atomic E-state index is 11.6. The fraction of sp³-hybridized carbons (Fsp3) is 0.444. The summed E-state index contributed by atoms with van der Waals surface area (Å²) in [4.78, 5) is 37.7. The van der Waals surface area contributed by atoms with Gasteiger partial charge in [0, 0.05) is 24.0 Å². The smallest absolute Gasteiger partial charge is 0.304 e. The van der Waals surface area contributed by atoms with Crippen LogP contribution in [0.3, 0.4) is 0 Å². The number of carbonyl (C=O) groups excluding carboxylic acids is 2. The molecule has 1 fully saturated rings. The van der Waals surface area contributed by atoms with Crippen LogP contribution in [0.25, 0.3) is 0 Å². The summed E-state index contributed by atoms with van der Waals surface area (Å²) in [5.74, 6) is -0.243. The fourth-order valence-electron chi connectivity index (χ4n) is 1.50.